The highest BCUT2D eigenvalue weighted by molar-refractivity contribution is 6.01. The molecule has 5 heteroatoms. The molecule has 18 heavy (non-hydrogen) atoms. The van der Waals surface area contributed by atoms with Crippen molar-refractivity contribution in [2.45, 2.75) is 13.5 Å². The Morgan fingerprint density at radius 3 is 2.44 bits per heavy atom. The predicted octanol–water partition coefficient (Wildman–Crippen LogP) is 1.04. The predicted molar refractivity (Wildman–Crippen MR) is 65.9 cm³/mol. The molecule has 0 aromatic heterocycles. The van der Waals surface area contributed by atoms with E-state index in [0.29, 0.717) is 0 Å². The van der Waals surface area contributed by atoms with Crippen LogP contribution in [0, 0.1) is 5.41 Å². The lowest BCUT2D eigenvalue weighted by molar-refractivity contribution is -0.159. The van der Waals surface area contributed by atoms with Crippen LogP contribution in [0.25, 0.3) is 0 Å². The molecule has 2 N–H and O–H groups in total. The minimum atomic E-state index is -1.57. The van der Waals surface area contributed by atoms with Gasteiger partial charge in [0.05, 0.1) is 13.2 Å². The Balaban J connectivity index is 2.59. The summed E-state index contributed by atoms with van der Waals surface area (Å²) in [6.07, 6.45) is 0. The minimum Gasteiger partial charge on any atom is -0.480 e. The number of nitrogens with one attached hydrogen (secondary N) is 1. The van der Waals surface area contributed by atoms with E-state index in [9.17, 15) is 9.59 Å². The SMILES string of the molecule is CNC(=O)C(C)(COCc1ccccc1)C(=O)O. The number of ether oxygens (including phenoxy) is 1. The second kappa shape index (κ2) is 6.16. The fourth-order valence-electron chi connectivity index (χ4n) is 1.45. The third kappa shape index (κ3) is 3.30. The molecule has 1 aromatic carbocycles. The van der Waals surface area contributed by atoms with Gasteiger partial charge in [0.2, 0.25) is 5.91 Å². The molecule has 0 aliphatic heterocycles. The molecule has 5 nitrogen and oxygen atoms in total. The zero-order valence-corrected chi connectivity index (χ0v) is 10.5. The lowest BCUT2D eigenvalue weighted by Crippen LogP contribution is -2.46. The van der Waals surface area contributed by atoms with E-state index in [-0.39, 0.29) is 13.2 Å². The number of benzene rings is 1. The molecule has 0 radical (unpaired) electrons. The molecule has 98 valence electrons. The number of carboxylic acids is 1. The van der Waals surface area contributed by atoms with Crippen LogP contribution in [0.15, 0.2) is 30.3 Å². The van der Waals surface area contributed by atoms with Gasteiger partial charge in [0.15, 0.2) is 5.41 Å². The maximum absolute atomic E-state index is 11.5. The Kier molecular flexibility index (Phi) is 4.85. The highest BCUT2D eigenvalue weighted by atomic mass is 16.5. The van der Waals surface area contributed by atoms with E-state index in [0.717, 1.165) is 5.56 Å². The first-order valence-electron chi connectivity index (χ1n) is 5.58. The van der Waals surface area contributed by atoms with E-state index in [1.807, 2.05) is 30.3 Å². The first-order valence-corrected chi connectivity index (χ1v) is 5.58. The quantitative estimate of drug-likeness (QED) is 0.741. The highest BCUT2D eigenvalue weighted by Crippen LogP contribution is 2.18. The van der Waals surface area contributed by atoms with Gasteiger partial charge in [0, 0.05) is 7.05 Å². The molecule has 1 rings (SSSR count). The topological polar surface area (TPSA) is 75.6 Å². The molecule has 1 unspecified atom stereocenters. The maximum atomic E-state index is 11.5. The Hall–Kier alpha value is -1.88. The van der Waals surface area contributed by atoms with Crippen LogP contribution in [-0.4, -0.2) is 30.6 Å². The van der Waals surface area contributed by atoms with Crippen LogP contribution in [-0.2, 0) is 20.9 Å². The molecule has 1 aromatic rings. The van der Waals surface area contributed by atoms with Crippen LogP contribution in [0.5, 0.6) is 0 Å². The molecular formula is C13H17NO4. The number of hydrogen-bond donors (Lipinski definition) is 2. The first kappa shape index (κ1) is 14.2. The van der Waals surface area contributed by atoms with E-state index in [1.54, 1.807) is 0 Å². The van der Waals surface area contributed by atoms with Crippen LogP contribution >= 0.6 is 0 Å². The van der Waals surface area contributed by atoms with Crippen molar-refractivity contribution >= 4 is 11.9 Å². The average Bonchev–Trinajstić information content (AvgIpc) is 2.38. The van der Waals surface area contributed by atoms with Gasteiger partial charge in [-0.15, -0.1) is 0 Å². The third-order valence-electron chi connectivity index (χ3n) is 2.70. The van der Waals surface area contributed by atoms with Crippen molar-refractivity contribution in [1.82, 2.24) is 5.32 Å². The molecule has 0 spiro atoms. The summed E-state index contributed by atoms with van der Waals surface area (Å²) < 4.78 is 5.33. The molecular weight excluding hydrogens is 234 g/mol. The lowest BCUT2D eigenvalue weighted by atomic mass is 9.91. The van der Waals surface area contributed by atoms with Crippen molar-refractivity contribution in [3.05, 3.63) is 35.9 Å². The fraction of sp³-hybridized carbons (Fsp3) is 0.385. The number of amides is 1. The van der Waals surface area contributed by atoms with Crippen molar-refractivity contribution in [2.24, 2.45) is 5.41 Å². The fourth-order valence-corrected chi connectivity index (χ4v) is 1.45. The molecule has 0 bridgehead atoms. The van der Waals surface area contributed by atoms with E-state index < -0.39 is 17.3 Å². The van der Waals surface area contributed by atoms with Crippen LogP contribution in [0.2, 0.25) is 0 Å². The van der Waals surface area contributed by atoms with Gasteiger partial charge in [0.1, 0.15) is 0 Å². The summed E-state index contributed by atoms with van der Waals surface area (Å²) in [6, 6.07) is 9.37. The van der Waals surface area contributed by atoms with Gasteiger partial charge in [-0.1, -0.05) is 30.3 Å². The summed E-state index contributed by atoms with van der Waals surface area (Å²) in [6.45, 7) is 1.46. The molecule has 1 atom stereocenters. The molecule has 0 saturated heterocycles. The van der Waals surface area contributed by atoms with Gasteiger partial charge < -0.3 is 15.2 Å². The van der Waals surface area contributed by atoms with E-state index in [2.05, 4.69) is 5.32 Å². The van der Waals surface area contributed by atoms with Gasteiger partial charge >= 0.3 is 5.97 Å². The summed E-state index contributed by atoms with van der Waals surface area (Å²) in [5.41, 5.74) is -0.633. The number of carbonyl (C=O) groups excluding carboxylic acids is 1. The number of aliphatic carboxylic acids is 1. The molecule has 0 aliphatic carbocycles. The molecule has 0 aliphatic rings. The van der Waals surface area contributed by atoms with Crippen molar-refractivity contribution in [1.29, 1.82) is 0 Å². The van der Waals surface area contributed by atoms with Gasteiger partial charge in [-0.3, -0.25) is 9.59 Å². The zero-order valence-electron chi connectivity index (χ0n) is 10.5. The normalized spacial score (nSPS) is 13.7. The van der Waals surface area contributed by atoms with Crippen molar-refractivity contribution in [3.63, 3.8) is 0 Å². The van der Waals surface area contributed by atoms with Crippen molar-refractivity contribution < 1.29 is 19.4 Å². The standard InChI is InChI=1S/C13H17NO4/c1-13(12(16)17,11(15)14-2)9-18-8-10-6-4-3-5-7-10/h3-7H,8-9H2,1-2H3,(H,14,15)(H,16,17). The number of rotatable bonds is 6. The summed E-state index contributed by atoms with van der Waals surface area (Å²) in [4.78, 5) is 22.7. The Labute approximate surface area is 106 Å². The number of hydrogen-bond acceptors (Lipinski definition) is 3. The van der Waals surface area contributed by atoms with Crippen LogP contribution in [0.3, 0.4) is 0 Å². The van der Waals surface area contributed by atoms with Gasteiger partial charge in [-0.05, 0) is 12.5 Å². The minimum absolute atomic E-state index is 0.170. The van der Waals surface area contributed by atoms with Gasteiger partial charge in [0.25, 0.3) is 0 Å². The second-order valence-electron chi connectivity index (χ2n) is 4.19. The second-order valence-corrected chi connectivity index (χ2v) is 4.19. The maximum Gasteiger partial charge on any atom is 0.321 e. The summed E-state index contributed by atoms with van der Waals surface area (Å²) >= 11 is 0. The Morgan fingerprint density at radius 1 is 1.33 bits per heavy atom. The summed E-state index contributed by atoms with van der Waals surface area (Å²) in [7, 11) is 1.40. The van der Waals surface area contributed by atoms with Crippen molar-refractivity contribution in [2.75, 3.05) is 13.7 Å². The van der Waals surface area contributed by atoms with Crippen molar-refractivity contribution in [3.8, 4) is 0 Å². The zero-order chi connectivity index (χ0) is 13.6. The summed E-state index contributed by atoms with van der Waals surface area (Å²) in [5, 5.41) is 11.4. The van der Waals surface area contributed by atoms with Crippen LogP contribution in [0.1, 0.15) is 12.5 Å². The Bertz CT molecular complexity index is 418. The molecule has 0 fully saturated rings. The monoisotopic (exact) mass is 251 g/mol. The van der Waals surface area contributed by atoms with Crippen LogP contribution in [0.4, 0.5) is 0 Å². The average molecular weight is 251 g/mol. The Morgan fingerprint density at radius 2 is 1.94 bits per heavy atom. The van der Waals surface area contributed by atoms with E-state index >= 15 is 0 Å². The molecule has 1 amide bonds. The van der Waals surface area contributed by atoms with E-state index in [1.165, 1.54) is 14.0 Å². The first-order chi connectivity index (χ1) is 8.50. The van der Waals surface area contributed by atoms with Crippen LogP contribution < -0.4 is 5.32 Å². The smallest absolute Gasteiger partial charge is 0.321 e. The van der Waals surface area contributed by atoms with Gasteiger partial charge in [-0.25, -0.2) is 0 Å². The van der Waals surface area contributed by atoms with E-state index in [4.69, 9.17) is 9.84 Å². The summed E-state index contributed by atoms with van der Waals surface area (Å²) in [5.74, 6) is -1.77. The number of carbonyl (C=O) groups is 2. The largest absolute Gasteiger partial charge is 0.480 e. The molecule has 0 heterocycles. The third-order valence-corrected chi connectivity index (χ3v) is 2.70. The molecule has 0 saturated carbocycles. The lowest BCUT2D eigenvalue weighted by Gasteiger charge is -2.22. The highest BCUT2D eigenvalue weighted by Gasteiger charge is 2.41. The number of carboxylic acid groups (broad SMARTS) is 1. The van der Waals surface area contributed by atoms with Gasteiger partial charge in [-0.2, -0.15) is 0 Å².